The molecule has 1 aliphatic heterocycles. The fourth-order valence-corrected chi connectivity index (χ4v) is 2.88. The maximum Gasteiger partial charge on any atom is 0.234 e. The first-order valence-corrected chi connectivity index (χ1v) is 6.82. The second-order valence-corrected chi connectivity index (χ2v) is 5.08. The molecule has 1 saturated heterocycles. The molecule has 2 aromatic rings. The predicted octanol–water partition coefficient (Wildman–Crippen LogP) is 1.12. The zero-order valence-corrected chi connectivity index (χ0v) is 11.1. The van der Waals surface area contributed by atoms with Crippen LogP contribution < -0.4 is 11.1 Å². The second kappa shape index (κ2) is 5.09. The highest BCUT2D eigenvalue weighted by Gasteiger charge is 2.29. The van der Waals surface area contributed by atoms with Crippen molar-refractivity contribution in [3.63, 3.8) is 0 Å². The van der Waals surface area contributed by atoms with E-state index in [1.54, 1.807) is 0 Å². The molecule has 20 heavy (non-hydrogen) atoms. The van der Waals surface area contributed by atoms with Gasteiger partial charge in [0.05, 0.1) is 5.92 Å². The number of nitrogens with zero attached hydrogens (tertiary/aromatic N) is 1. The van der Waals surface area contributed by atoms with Crippen molar-refractivity contribution in [2.75, 3.05) is 6.54 Å². The molecule has 2 heterocycles. The van der Waals surface area contributed by atoms with Gasteiger partial charge >= 0.3 is 0 Å². The SMILES string of the molecule is NCCn1ccc2c(C3CCC(=O)NC3=O)cccc21. The van der Waals surface area contributed by atoms with Crippen molar-refractivity contribution >= 4 is 22.7 Å². The van der Waals surface area contributed by atoms with E-state index in [0.717, 1.165) is 23.0 Å². The van der Waals surface area contributed by atoms with Gasteiger partial charge < -0.3 is 10.3 Å². The van der Waals surface area contributed by atoms with E-state index in [-0.39, 0.29) is 17.7 Å². The van der Waals surface area contributed by atoms with E-state index in [9.17, 15) is 9.59 Å². The lowest BCUT2D eigenvalue weighted by atomic mass is 9.88. The van der Waals surface area contributed by atoms with Gasteiger partial charge in [-0.1, -0.05) is 12.1 Å². The highest BCUT2D eigenvalue weighted by atomic mass is 16.2. The largest absolute Gasteiger partial charge is 0.346 e. The zero-order chi connectivity index (χ0) is 14.1. The van der Waals surface area contributed by atoms with Crippen LogP contribution in [0.1, 0.15) is 24.3 Å². The lowest BCUT2D eigenvalue weighted by molar-refractivity contribution is -0.134. The summed E-state index contributed by atoms with van der Waals surface area (Å²) in [6, 6.07) is 7.97. The fraction of sp³-hybridized carbons (Fsp3) is 0.333. The number of rotatable bonds is 3. The number of fused-ring (bicyclic) bond motifs is 1. The standard InChI is InChI=1S/C15H17N3O2/c16-7-9-18-8-6-11-10(2-1-3-13(11)18)12-4-5-14(19)17-15(12)20/h1-3,6,8,12H,4-5,7,9,16H2,(H,17,19,20). The third-order valence-corrected chi connectivity index (χ3v) is 3.83. The van der Waals surface area contributed by atoms with Crippen LogP contribution >= 0.6 is 0 Å². The van der Waals surface area contributed by atoms with Crippen LogP contribution in [0.4, 0.5) is 0 Å². The lowest BCUT2D eigenvalue weighted by Gasteiger charge is -2.21. The number of nitrogens with two attached hydrogens (primary N) is 1. The van der Waals surface area contributed by atoms with Gasteiger partial charge in [-0.15, -0.1) is 0 Å². The summed E-state index contributed by atoms with van der Waals surface area (Å²) < 4.78 is 2.09. The van der Waals surface area contributed by atoms with Crippen molar-refractivity contribution in [1.29, 1.82) is 0 Å². The number of imide groups is 1. The van der Waals surface area contributed by atoms with Crippen LogP contribution in [0.3, 0.4) is 0 Å². The summed E-state index contributed by atoms with van der Waals surface area (Å²) in [5.41, 5.74) is 7.68. The molecule has 104 valence electrons. The quantitative estimate of drug-likeness (QED) is 0.821. The van der Waals surface area contributed by atoms with Crippen LogP contribution in [-0.4, -0.2) is 22.9 Å². The minimum absolute atomic E-state index is 0.181. The summed E-state index contributed by atoms with van der Waals surface area (Å²) in [6.07, 6.45) is 2.97. The van der Waals surface area contributed by atoms with E-state index in [0.29, 0.717) is 19.4 Å². The predicted molar refractivity (Wildman–Crippen MR) is 76.1 cm³/mol. The first-order valence-electron chi connectivity index (χ1n) is 6.82. The Morgan fingerprint density at radius 2 is 2.15 bits per heavy atom. The van der Waals surface area contributed by atoms with Crippen LogP contribution in [0.2, 0.25) is 0 Å². The zero-order valence-electron chi connectivity index (χ0n) is 11.1. The molecule has 3 rings (SSSR count). The number of amides is 2. The Labute approximate surface area is 116 Å². The van der Waals surface area contributed by atoms with Gasteiger partial charge in [-0.3, -0.25) is 14.9 Å². The Balaban J connectivity index is 2.03. The Kier molecular flexibility index (Phi) is 3.28. The highest BCUT2D eigenvalue weighted by Crippen LogP contribution is 2.31. The van der Waals surface area contributed by atoms with Gasteiger partial charge in [0.1, 0.15) is 0 Å². The third-order valence-electron chi connectivity index (χ3n) is 3.83. The molecule has 0 radical (unpaired) electrons. The van der Waals surface area contributed by atoms with Gasteiger partial charge in [0.15, 0.2) is 0 Å². The van der Waals surface area contributed by atoms with Gasteiger partial charge in [0.25, 0.3) is 0 Å². The van der Waals surface area contributed by atoms with E-state index in [1.165, 1.54) is 0 Å². The van der Waals surface area contributed by atoms with Gasteiger partial charge in [0.2, 0.25) is 11.8 Å². The lowest BCUT2D eigenvalue weighted by Crippen LogP contribution is -2.39. The molecule has 1 fully saturated rings. The van der Waals surface area contributed by atoms with Gasteiger partial charge in [0, 0.05) is 36.6 Å². The summed E-state index contributed by atoms with van der Waals surface area (Å²) in [6.45, 7) is 1.33. The Bertz CT molecular complexity index is 675. The smallest absolute Gasteiger partial charge is 0.234 e. The number of nitrogens with one attached hydrogen (secondary N) is 1. The second-order valence-electron chi connectivity index (χ2n) is 5.08. The number of hydrogen-bond acceptors (Lipinski definition) is 3. The molecule has 0 bridgehead atoms. The highest BCUT2D eigenvalue weighted by molar-refractivity contribution is 6.02. The summed E-state index contributed by atoms with van der Waals surface area (Å²) in [7, 11) is 0. The van der Waals surface area contributed by atoms with E-state index < -0.39 is 0 Å². The molecule has 1 aliphatic rings. The van der Waals surface area contributed by atoms with Crippen LogP contribution in [0.15, 0.2) is 30.5 Å². The number of carbonyl (C=O) groups excluding carboxylic acids is 2. The molecule has 1 unspecified atom stereocenters. The first kappa shape index (κ1) is 12.9. The van der Waals surface area contributed by atoms with Crippen molar-refractivity contribution in [2.45, 2.75) is 25.3 Å². The molecular formula is C15H17N3O2. The maximum absolute atomic E-state index is 12.0. The Morgan fingerprint density at radius 3 is 2.90 bits per heavy atom. The van der Waals surface area contributed by atoms with E-state index in [4.69, 9.17) is 5.73 Å². The Morgan fingerprint density at radius 1 is 1.30 bits per heavy atom. The third kappa shape index (κ3) is 2.10. The molecule has 5 heteroatoms. The molecular weight excluding hydrogens is 254 g/mol. The molecule has 0 spiro atoms. The summed E-state index contributed by atoms with van der Waals surface area (Å²) >= 11 is 0. The molecule has 0 aliphatic carbocycles. The van der Waals surface area contributed by atoms with E-state index >= 15 is 0 Å². The minimum atomic E-state index is -0.245. The van der Waals surface area contributed by atoms with Gasteiger partial charge in [-0.25, -0.2) is 0 Å². The average Bonchev–Trinajstić information content (AvgIpc) is 2.83. The van der Waals surface area contributed by atoms with Crippen molar-refractivity contribution in [3.05, 3.63) is 36.0 Å². The van der Waals surface area contributed by atoms with Crippen LogP contribution in [0, 0.1) is 0 Å². The summed E-state index contributed by atoms with van der Waals surface area (Å²) in [4.78, 5) is 23.3. The van der Waals surface area contributed by atoms with Crippen molar-refractivity contribution < 1.29 is 9.59 Å². The molecule has 1 aromatic carbocycles. The van der Waals surface area contributed by atoms with Crippen molar-refractivity contribution in [1.82, 2.24) is 9.88 Å². The number of aromatic nitrogens is 1. The van der Waals surface area contributed by atoms with Gasteiger partial charge in [-0.2, -0.15) is 0 Å². The number of carbonyl (C=O) groups is 2. The van der Waals surface area contributed by atoms with Crippen molar-refractivity contribution in [2.24, 2.45) is 5.73 Å². The molecule has 1 aromatic heterocycles. The molecule has 1 atom stereocenters. The first-order chi connectivity index (χ1) is 9.70. The maximum atomic E-state index is 12.0. The number of hydrogen-bond donors (Lipinski definition) is 2. The number of piperidine rings is 1. The summed E-state index contributed by atoms with van der Waals surface area (Å²) in [5.74, 6) is -0.621. The molecule has 3 N–H and O–H groups in total. The summed E-state index contributed by atoms with van der Waals surface area (Å²) in [5, 5.41) is 3.49. The molecule has 2 amide bonds. The van der Waals surface area contributed by atoms with E-state index in [2.05, 4.69) is 9.88 Å². The average molecular weight is 271 g/mol. The topological polar surface area (TPSA) is 77.1 Å². The minimum Gasteiger partial charge on any atom is -0.346 e. The normalized spacial score (nSPS) is 19.4. The molecule has 5 nitrogen and oxygen atoms in total. The molecule has 0 saturated carbocycles. The van der Waals surface area contributed by atoms with Crippen LogP contribution in [-0.2, 0) is 16.1 Å². The van der Waals surface area contributed by atoms with Crippen molar-refractivity contribution in [3.8, 4) is 0 Å². The monoisotopic (exact) mass is 271 g/mol. The Hall–Kier alpha value is -2.14. The van der Waals surface area contributed by atoms with E-state index in [1.807, 2.05) is 30.5 Å². The number of benzene rings is 1. The van der Waals surface area contributed by atoms with Crippen LogP contribution in [0.25, 0.3) is 10.9 Å². The van der Waals surface area contributed by atoms with Gasteiger partial charge in [-0.05, 0) is 24.1 Å². The fourth-order valence-electron chi connectivity index (χ4n) is 2.88. The van der Waals surface area contributed by atoms with Crippen LogP contribution in [0.5, 0.6) is 0 Å².